The summed E-state index contributed by atoms with van der Waals surface area (Å²) in [5, 5.41) is 11.0. The Kier molecular flexibility index (Phi) is 4.88. The van der Waals surface area contributed by atoms with Gasteiger partial charge in [-0.15, -0.1) is 5.10 Å². The second-order valence-electron chi connectivity index (χ2n) is 7.06. The summed E-state index contributed by atoms with van der Waals surface area (Å²) in [5.41, 5.74) is 0.748. The highest BCUT2D eigenvalue weighted by Crippen LogP contribution is 2.15. The second-order valence-corrected chi connectivity index (χ2v) is 7.06. The van der Waals surface area contributed by atoms with Crippen molar-refractivity contribution in [1.82, 2.24) is 30.0 Å². The average molecular weight is 358 g/mol. The van der Waals surface area contributed by atoms with E-state index in [0.29, 0.717) is 37.4 Å². The maximum absolute atomic E-state index is 12.8. The van der Waals surface area contributed by atoms with E-state index in [0.717, 1.165) is 0 Å². The van der Waals surface area contributed by atoms with E-state index in [1.807, 2.05) is 26.8 Å². The van der Waals surface area contributed by atoms with Crippen LogP contribution in [0, 0.1) is 0 Å². The Morgan fingerprint density at radius 2 is 1.77 bits per heavy atom. The lowest BCUT2D eigenvalue weighted by Gasteiger charge is -2.35. The number of benzene rings is 1. The van der Waals surface area contributed by atoms with Gasteiger partial charge in [0.1, 0.15) is 11.9 Å². The van der Waals surface area contributed by atoms with Gasteiger partial charge in [-0.1, -0.05) is 6.07 Å². The number of hydrogen-bond acceptors (Lipinski definition) is 6. The molecule has 0 N–H and O–H groups in total. The molecule has 1 fully saturated rings. The van der Waals surface area contributed by atoms with Crippen LogP contribution in [-0.4, -0.2) is 73.8 Å². The lowest BCUT2D eigenvalue weighted by molar-refractivity contribution is 0.0141. The van der Waals surface area contributed by atoms with Crippen molar-refractivity contribution < 1.29 is 14.3 Å². The van der Waals surface area contributed by atoms with E-state index in [9.17, 15) is 9.59 Å². The number of hydrogen-bond donors (Lipinski definition) is 0. The van der Waals surface area contributed by atoms with Crippen molar-refractivity contribution in [2.45, 2.75) is 26.4 Å². The number of carbonyl (C=O) groups is 2. The largest absolute Gasteiger partial charge is 0.444 e. The number of nitrogens with zero attached hydrogens (tertiary/aromatic N) is 6. The number of tetrazole rings is 1. The normalized spacial score (nSPS) is 15.0. The molecular weight excluding hydrogens is 336 g/mol. The zero-order valence-corrected chi connectivity index (χ0v) is 15.1. The molecule has 0 bridgehead atoms. The van der Waals surface area contributed by atoms with Gasteiger partial charge in [0, 0.05) is 31.7 Å². The fourth-order valence-corrected chi connectivity index (χ4v) is 2.66. The molecule has 2 heterocycles. The van der Waals surface area contributed by atoms with E-state index < -0.39 is 5.60 Å². The summed E-state index contributed by atoms with van der Waals surface area (Å²) in [7, 11) is 0. The third-order valence-corrected chi connectivity index (χ3v) is 3.93. The van der Waals surface area contributed by atoms with Gasteiger partial charge in [0.15, 0.2) is 0 Å². The summed E-state index contributed by atoms with van der Waals surface area (Å²) >= 11 is 0. The molecule has 1 aliphatic heterocycles. The Labute approximate surface area is 151 Å². The predicted molar refractivity (Wildman–Crippen MR) is 92.9 cm³/mol. The molecule has 138 valence electrons. The highest BCUT2D eigenvalue weighted by Gasteiger charge is 2.28. The molecule has 2 aromatic rings. The van der Waals surface area contributed by atoms with Crippen molar-refractivity contribution in [3.05, 3.63) is 36.2 Å². The summed E-state index contributed by atoms with van der Waals surface area (Å²) in [6.07, 6.45) is 1.13. The minimum atomic E-state index is -0.527. The highest BCUT2D eigenvalue weighted by molar-refractivity contribution is 5.95. The molecule has 3 rings (SSSR count). The zero-order valence-electron chi connectivity index (χ0n) is 15.1. The van der Waals surface area contributed by atoms with Gasteiger partial charge in [0.2, 0.25) is 0 Å². The summed E-state index contributed by atoms with van der Waals surface area (Å²) in [6, 6.07) is 7.13. The number of piperazine rings is 1. The third-order valence-electron chi connectivity index (χ3n) is 3.93. The Morgan fingerprint density at radius 1 is 1.08 bits per heavy atom. The first-order valence-corrected chi connectivity index (χ1v) is 8.44. The molecule has 26 heavy (non-hydrogen) atoms. The van der Waals surface area contributed by atoms with Gasteiger partial charge in [0.05, 0.1) is 5.69 Å². The van der Waals surface area contributed by atoms with Gasteiger partial charge in [-0.05, 0) is 49.4 Å². The topological polar surface area (TPSA) is 93.5 Å². The number of amides is 2. The third kappa shape index (κ3) is 4.16. The minimum absolute atomic E-state index is 0.0798. The van der Waals surface area contributed by atoms with Gasteiger partial charge >= 0.3 is 6.09 Å². The van der Waals surface area contributed by atoms with Crippen LogP contribution in [-0.2, 0) is 4.74 Å². The number of ether oxygens (including phenoxy) is 1. The van der Waals surface area contributed by atoms with Crippen LogP contribution in [0.1, 0.15) is 31.1 Å². The first kappa shape index (κ1) is 17.8. The van der Waals surface area contributed by atoms with E-state index in [1.54, 1.807) is 28.0 Å². The van der Waals surface area contributed by atoms with Gasteiger partial charge in [-0.2, -0.15) is 0 Å². The van der Waals surface area contributed by atoms with Crippen LogP contribution in [0.2, 0.25) is 0 Å². The van der Waals surface area contributed by atoms with Gasteiger partial charge in [0.25, 0.3) is 5.91 Å². The molecule has 0 spiro atoms. The molecule has 0 unspecified atom stereocenters. The van der Waals surface area contributed by atoms with E-state index in [2.05, 4.69) is 15.5 Å². The van der Waals surface area contributed by atoms with Crippen molar-refractivity contribution in [2.75, 3.05) is 26.2 Å². The summed E-state index contributed by atoms with van der Waals surface area (Å²) < 4.78 is 6.87. The molecule has 1 aromatic heterocycles. The second kappa shape index (κ2) is 7.11. The monoisotopic (exact) mass is 358 g/mol. The molecule has 2 amide bonds. The maximum Gasteiger partial charge on any atom is 0.410 e. The lowest BCUT2D eigenvalue weighted by atomic mass is 10.1. The molecule has 9 heteroatoms. The predicted octanol–water partition coefficient (Wildman–Crippen LogP) is 1.36. The Morgan fingerprint density at radius 3 is 2.38 bits per heavy atom. The fourth-order valence-electron chi connectivity index (χ4n) is 2.66. The molecule has 9 nitrogen and oxygen atoms in total. The van der Waals surface area contributed by atoms with Crippen molar-refractivity contribution in [3.63, 3.8) is 0 Å². The zero-order chi connectivity index (χ0) is 18.7. The molecule has 1 saturated heterocycles. The van der Waals surface area contributed by atoms with Crippen LogP contribution in [0.3, 0.4) is 0 Å². The number of aromatic nitrogens is 4. The van der Waals surface area contributed by atoms with Crippen molar-refractivity contribution in [2.24, 2.45) is 0 Å². The van der Waals surface area contributed by atoms with E-state index >= 15 is 0 Å². The van der Waals surface area contributed by atoms with Crippen LogP contribution in [0.5, 0.6) is 0 Å². The Balaban J connectivity index is 1.62. The summed E-state index contributed by atoms with van der Waals surface area (Å²) in [5.74, 6) is -0.0798. The lowest BCUT2D eigenvalue weighted by Crippen LogP contribution is -2.51. The van der Waals surface area contributed by atoms with Crippen molar-refractivity contribution in [3.8, 4) is 5.69 Å². The van der Waals surface area contributed by atoms with Crippen molar-refractivity contribution >= 4 is 12.0 Å². The minimum Gasteiger partial charge on any atom is -0.444 e. The number of carbonyl (C=O) groups excluding carboxylic acids is 2. The molecule has 1 aliphatic rings. The van der Waals surface area contributed by atoms with Gasteiger partial charge < -0.3 is 14.5 Å². The molecule has 0 aliphatic carbocycles. The molecule has 0 radical (unpaired) electrons. The smallest absolute Gasteiger partial charge is 0.410 e. The fraction of sp³-hybridized carbons (Fsp3) is 0.471. The van der Waals surface area contributed by atoms with E-state index in [4.69, 9.17) is 4.74 Å². The summed E-state index contributed by atoms with van der Waals surface area (Å²) in [6.45, 7) is 7.34. The van der Waals surface area contributed by atoms with Crippen LogP contribution < -0.4 is 0 Å². The highest BCUT2D eigenvalue weighted by atomic mass is 16.6. The quantitative estimate of drug-likeness (QED) is 0.805. The van der Waals surface area contributed by atoms with Crippen molar-refractivity contribution in [1.29, 1.82) is 0 Å². The Bertz CT molecular complexity index is 776. The molecule has 0 saturated carbocycles. The molecular formula is C17H22N6O3. The maximum atomic E-state index is 12.8. The summed E-state index contributed by atoms with van der Waals surface area (Å²) in [4.78, 5) is 28.2. The van der Waals surface area contributed by atoms with E-state index in [1.165, 1.54) is 11.0 Å². The van der Waals surface area contributed by atoms with Gasteiger partial charge in [-0.25, -0.2) is 9.48 Å². The molecule has 0 atom stereocenters. The van der Waals surface area contributed by atoms with Crippen LogP contribution in [0.15, 0.2) is 30.6 Å². The van der Waals surface area contributed by atoms with Gasteiger partial charge in [-0.3, -0.25) is 4.79 Å². The average Bonchev–Trinajstić information content (AvgIpc) is 3.14. The SMILES string of the molecule is CC(C)(C)OC(=O)N1CCN(C(=O)c2cccc(-n3cnnn3)c2)CC1. The molecule has 1 aromatic carbocycles. The van der Waals surface area contributed by atoms with Crippen LogP contribution in [0.25, 0.3) is 5.69 Å². The Hall–Kier alpha value is -2.97. The first-order chi connectivity index (χ1) is 12.3. The van der Waals surface area contributed by atoms with Crippen LogP contribution in [0.4, 0.5) is 4.79 Å². The van der Waals surface area contributed by atoms with Crippen LogP contribution >= 0.6 is 0 Å². The number of rotatable bonds is 2. The first-order valence-electron chi connectivity index (χ1n) is 8.44. The standard InChI is InChI=1S/C17H22N6O3/c1-17(2,3)26-16(25)22-9-7-21(8-10-22)15(24)13-5-4-6-14(11-13)23-12-18-19-20-23/h4-6,11-12H,7-10H2,1-3H3. The van der Waals surface area contributed by atoms with E-state index in [-0.39, 0.29) is 12.0 Å².